The summed E-state index contributed by atoms with van der Waals surface area (Å²) in [4.78, 5) is 12.4. The Balaban J connectivity index is 2.07. The van der Waals surface area contributed by atoms with E-state index >= 15 is 0 Å². The minimum absolute atomic E-state index is 0.0795. The number of nitrogens with one attached hydrogen (secondary N) is 1. The first-order chi connectivity index (χ1) is 9.15. The quantitative estimate of drug-likeness (QED) is 0.864. The molecule has 1 saturated heterocycles. The first-order valence-corrected chi connectivity index (χ1v) is 7.79. The lowest BCUT2D eigenvalue weighted by molar-refractivity contribution is -0.129. The van der Waals surface area contributed by atoms with Crippen molar-refractivity contribution in [1.29, 1.82) is 0 Å². The molecule has 1 unspecified atom stereocenters. The molecule has 2 rings (SSSR count). The van der Waals surface area contributed by atoms with Crippen LogP contribution in [0, 0.1) is 5.92 Å². The van der Waals surface area contributed by atoms with Crippen molar-refractivity contribution in [3.63, 3.8) is 0 Å². The molecule has 1 heterocycles. The molecule has 0 radical (unpaired) electrons. The summed E-state index contributed by atoms with van der Waals surface area (Å²) in [6, 6.07) is 10.1. The summed E-state index contributed by atoms with van der Waals surface area (Å²) in [7, 11) is 0. The molecule has 0 aromatic heterocycles. The molecule has 1 fully saturated rings. The van der Waals surface area contributed by atoms with Gasteiger partial charge in [0.1, 0.15) is 0 Å². The number of carbonyl (C=O) groups is 1. The van der Waals surface area contributed by atoms with Crippen LogP contribution in [0.2, 0.25) is 0 Å². The summed E-state index contributed by atoms with van der Waals surface area (Å²) in [5.41, 5.74) is 0.753. The van der Waals surface area contributed by atoms with Crippen LogP contribution in [0.15, 0.2) is 30.3 Å². The molecular formula is C15H20BrNO2. The van der Waals surface area contributed by atoms with E-state index in [1.165, 1.54) is 0 Å². The van der Waals surface area contributed by atoms with Crippen LogP contribution < -0.4 is 5.32 Å². The minimum atomic E-state index is -0.364. The number of benzene rings is 1. The summed E-state index contributed by atoms with van der Waals surface area (Å²) in [6.07, 6.45) is 1.64. The van der Waals surface area contributed by atoms with Gasteiger partial charge in [-0.15, -0.1) is 0 Å². The lowest BCUT2D eigenvalue weighted by atomic mass is 9.92. The van der Waals surface area contributed by atoms with Gasteiger partial charge in [-0.2, -0.15) is 0 Å². The summed E-state index contributed by atoms with van der Waals surface area (Å²) in [5, 5.41) is 3.88. The molecule has 0 bridgehead atoms. The summed E-state index contributed by atoms with van der Waals surface area (Å²) >= 11 is 3.52. The third kappa shape index (κ3) is 3.57. The largest absolute Gasteiger partial charge is 0.381 e. The van der Waals surface area contributed by atoms with Crippen LogP contribution in [-0.4, -0.2) is 24.5 Å². The third-order valence-corrected chi connectivity index (χ3v) is 4.79. The molecule has 1 atom stereocenters. The van der Waals surface area contributed by atoms with Crippen LogP contribution in [0.1, 0.15) is 25.3 Å². The number of halogens is 1. The van der Waals surface area contributed by atoms with Crippen molar-refractivity contribution in [1.82, 2.24) is 5.32 Å². The Morgan fingerprint density at radius 3 is 2.58 bits per heavy atom. The smallest absolute Gasteiger partial charge is 0.223 e. The number of amides is 1. The maximum Gasteiger partial charge on any atom is 0.223 e. The second-order valence-electron chi connectivity index (χ2n) is 5.21. The summed E-state index contributed by atoms with van der Waals surface area (Å²) in [5.74, 6) is 0.213. The Hall–Kier alpha value is -0.870. The molecule has 0 spiro atoms. The molecule has 0 aliphatic carbocycles. The van der Waals surface area contributed by atoms with Crippen molar-refractivity contribution in [2.24, 2.45) is 5.92 Å². The maximum atomic E-state index is 12.4. The predicted octanol–water partition coefficient (Wildman–Crippen LogP) is 2.84. The van der Waals surface area contributed by atoms with Gasteiger partial charge in [0, 0.05) is 24.5 Å². The fourth-order valence-corrected chi connectivity index (χ4v) is 2.79. The Bertz CT molecular complexity index is 417. The predicted molar refractivity (Wildman–Crippen MR) is 79.3 cm³/mol. The van der Waals surface area contributed by atoms with Crippen LogP contribution >= 0.6 is 15.9 Å². The molecule has 3 nitrogen and oxygen atoms in total. The molecule has 1 aromatic carbocycles. The number of alkyl halides is 1. The van der Waals surface area contributed by atoms with E-state index in [-0.39, 0.29) is 17.4 Å². The number of rotatable bonds is 4. The number of hydrogen-bond donors (Lipinski definition) is 1. The van der Waals surface area contributed by atoms with Gasteiger partial charge in [0.2, 0.25) is 5.91 Å². The molecule has 1 aliphatic rings. The van der Waals surface area contributed by atoms with Crippen LogP contribution in [0.25, 0.3) is 0 Å². The van der Waals surface area contributed by atoms with Gasteiger partial charge >= 0.3 is 0 Å². The van der Waals surface area contributed by atoms with Gasteiger partial charge in [0.15, 0.2) is 0 Å². The molecular weight excluding hydrogens is 306 g/mol. The van der Waals surface area contributed by atoms with E-state index in [2.05, 4.69) is 21.2 Å². The number of hydrogen-bond acceptors (Lipinski definition) is 2. The monoisotopic (exact) mass is 325 g/mol. The second-order valence-corrected chi connectivity index (χ2v) is 5.77. The Morgan fingerprint density at radius 2 is 2.00 bits per heavy atom. The molecule has 0 saturated carbocycles. The second kappa shape index (κ2) is 6.53. The van der Waals surface area contributed by atoms with Crippen molar-refractivity contribution < 1.29 is 9.53 Å². The van der Waals surface area contributed by atoms with E-state index in [4.69, 9.17) is 4.74 Å². The highest BCUT2D eigenvalue weighted by Gasteiger charge is 2.31. The zero-order valence-corrected chi connectivity index (χ0v) is 12.8. The zero-order valence-electron chi connectivity index (χ0n) is 11.2. The highest BCUT2D eigenvalue weighted by atomic mass is 79.9. The van der Waals surface area contributed by atoms with Gasteiger partial charge < -0.3 is 10.1 Å². The van der Waals surface area contributed by atoms with Gasteiger partial charge in [0.05, 0.1) is 5.54 Å². The minimum Gasteiger partial charge on any atom is -0.381 e. The fraction of sp³-hybridized carbons (Fsp3) is 0.533. The molecule has 1 aromatic rings. The Morgan fingerprint density at radius 1 is 1.37 bits per heavy atom. The average Bonchev–Trinajstić information content (AvgIpc) is 2.49. The summed E-state index contributed by atoms with van der Waals surface area (Å²) in [6.45, 7) is 3.43. The molecule has 104 valence electrons. The Kier molecular flexibility index (Phi) is 4.99. The van der Waals surface area contributed by atoms with Gasteiger partial charge in [-0.1, -0.05) is 46.3 Å². The highest BCUT2D eigenvalue weighted by molar-refractivity contribution is 9.09. The molecule has 1 amide bonds. The van der Waals surface area contributed by atoms with Crippen LogP contribution in [0.5, 0.6) is 0 Å². The highest BCUT2D eigenvalue weighted by Crippen LogP contribution is 2.25. The van der Waals surface area contributed by atoms with Crippen molar-refractivity contribution in [3.8, 4) is 0 Å². The van der Waals surface area contributed by atoms with Crippen LogP contribution in [0.4, 0.5) is 0 Å². The fourth-order valence-electron chi connectivity index (χ4n) is 2.32. The van der Waals surface area contributed by atoms with Gasteiger partial charge in [0.25, 0.3) is 0 Å². The van der Waals surface area contributed by atoms with Crippen molar-refractivity contribution in [2.75, 3.05) is 18.5 Å². The topological polar surface area (TPSA) is 38.3 Å². The van der Waals surface area contributed by atoms with Gasteiger partial charge in [-0.05, 0) is 25.3 Å². The SMILES string of the molecule is CC(CBr)(NC(=O)C1CCOCC1)c1ccccc1. The van der Waals surface area contributed by atoms with Crippen molar-refractivity contribution in [2.45, 2.75) is 25.3 Å². The zero-order chi connectivity index (χ0) is 13.7. The number of ether oxygens (including phenoxy) is 1. The maximum absolute atomic E-state index is 12.4. The molecule has 1 N–H and O–H groups in total. The lowest BCUT2D eigenvalue weighted by Gasteiger charge is -2.32. The van der Waals surface area contributed by atoms with Crippen LogP contribution in [0.3, 0.4) is 0 Å². The van der Waals surface area contributed by atoms with E-state index in [9.17, 15) is 4.79 Å². The van der Waals surface area contributed by atoms with E-state index in [0.717, 1.165) is 18.4 Å². The molecule has 1 aliphatic heterocycles. The van der Waals surface area contributed by atoms with Crippen molar-refractivity contribution >= 4 is 21.8 Å². The number of carbonyl (C=O) groups excluding carboxylic acids is 1. The summed E-state index contributed by atoms with van der Waals surface area (Å²) < 4.78 is 5.30. The van der Waals surface area contributed by atoms with E-state index in [1.807, 2.05) is 37.3 Å². The van der Waals surface area contributed by atoms with E-state index in [1.54, 1.807) is 0 Å². The van der Waals surface area contributed by atoms with E-state index in [0.29, 0.717) is 18.5 Å². The average molecular weight is 326 g/mol. The lowest BCUT2D eigenvalue weighted by Crippen LogP contribution is -2.48. The molecule has 19 heavy (non-hydrogen) atoms. The third-order valence-electron chi connectivity index (χ3n) is 3.67. The van der Waals surface area contributed by atoms with Crippen molar-refractivity contribution in [3.05, 3.63) is 35.9 Å². The molecule has 4 heteroatoms. The first-order valence-electron chi connectivity index (χ1n) is 6.67. The Labute approximate surface area is 122 Å². The van der Waals surface area contributed by atoms with Gasteiger partial charge in [-0.25, -0.2) is 0 Å². The first kappa shape index (κ1) is 14.5. The van der Waals surface area contributed by atoms with E-state index < -0.39 is 0 Å². The van der Waals surface area contributed by atoms with Crippen LogP contribution in [-0.2, 0) is 15.1 Å². The standard InChI is InChI=1S/C15H20BrNO2/c1-15(11-16,13-5-3-2-4-6-13)17-14(18)12-7-9-19-10-8-12/h2-6,12H,7-11H2,1H3,(H,17,18). The normalized spacial score (nSPS) is 19.7. The van der Waals surface area contributed by atoms with Gasteiger partial charge in [-0.3, -0.25) is 4.79 Å².